The van der Waals surface area contributed by atoms with Gasteiger partial charge < -0.3 is 11.1 Å². The number of nitrogens with zero attached hydrogens (tertiary/aromatic N) is 2. The zero-order chi connectivity index (χ0) is 20.3. The number of hydrogen-bond acceptors (Lipinski definition) is 5. The molecule has 10 heteroatoms. The topological polar surface area (TPSA) is 80.4 Å². The van der Waals surface area contributed by atoms with Gasteiger partial charge in [-0.3, -0.25) is 9.79 Å². The monoisotopic (exact) mass is 426 g/mol. The number of thioether (sulfide) groups is 1. The second kappa shape index (κ2) is 6.38. The molecule has 4 rings (SSSR count). The summed E-state index contributed by atoms with van der Waals surface area (Å²) in [6.45, 7) is 1.43. The van der Waals surface area contributed by atoms with Gasteiger partial charge in [0.1, 0.15) is 11.5 Å². The third-order valence-electron chi connectivity index (χ3n) is 4.91. The van der Waals surface area contributed by atoms with E-state index in [4.69, 9.17) is 17.3 Å². The molecule has 2 aliphatic rings. The molecule has 3 atom stereocenters. The summed E-state index contributed by atoms with van der Waals surface area (Å²) in [4.78, 5) is 20.4. The van der Waals surface area contributed by atoms with Crippen LogP contribution in [-0.2, 0) is 5.54 Å². The number of aromatic nitrogens is 1. The van der Waals surface area contributed by atoms with Crippen molar-refractivity contribution in [1.82, 2.24) is 4.98 Å². The molecular formula is C18H14ClF3N4OS. The Morgan fingerprint density at radius 2 is 2.07 bits per heavy atom. The van der Waals surface area contributed by atoms with Crippen LogP contribution in [0.3, 0.4) is 0 Å². The molecule has 0 spiro atoms. The first kappa shape index (κ1) is 19.1. The number of halogens is 4. The number of alkyl halides is 2. The first-order valence-corrected chi connectivity index (χ1v) is 9.51. The first-order chi connectivity index (χ1) is 13.1. The normalized spacial score (nSPS) is 27.5. The van der Waals surface area contributed by atoms with E-state index in [1.807, 2.05) is 0 Å². The number of amides is 1. The van der Waals surface area contributed by atoms with E-state index in [1.165, 1.54) is 37.4 Å². The van der Waals surface area contributed by atoms with Crippen LogP contribution in [0.4, 0.5) is 18.9 Å². The van der Waals surface area contributed by atoms with Gasteiger partial charge in [0.2, 0.25) is 0 Å². The van der Waals surface area contributed by atoms with Crippen LogP contribution in [0.2, 0.25) is 5.02 Å². The van der Waals surface area contributed by atoms with Crippen molar-refractivity contribution in [3.05, 3.63) is 58.6 Å². The number of hydrogen-bond donors (Lipinski definition) is 2. The van der Waals surface area contributed by atoms with Gasteiger partial charge in [0.15, 0.2) is 5.17 Å². The van der Waals surface area contributed by atoms with E-state index in [1.54, 1.807) is 0 Å². The van der Waals surface area contributed by atoms with Crippen LogP contribution in [0.5, 0.6) is 0 Å². The SMILES string of the molecule is C[C@]1(c2cc(NC(=O)c3ccc(Cl)cn3)ccc2F)N=C(N)SC2C1C2(F)F. The van der Waals surface area contributed by atoms with E-state index in [9.17, 15) is 18.0 Å². The molecule has 1 aromatic heterocycles. The number of carbonyl (C=O) groups is 1. The lowest BCUT2D eigenvalue weighted by Crippen LogP contribution is -2.32. The Kier molecular flexibility index (Phi) is 4.35. The average molecular weight is 427 g/mol. The summed E-state index contributed by atoms with van der Waals surface area (Å²) in [7, 11) is 0. The Morgan fingerprint density at radius 3 is 2.75 bits per heavy atom. The molecular weight excluding hydrogens is 413 g/mol. The largest absolute Gasteiger partial charge is 0.379 e. The number of pyridine rings is 1. The lowest BCUT2D eigenvalue weighted by atomic mass is 9.86. The second-order valence-corrected chi connectivity index (χ2v) is 8.40. The van der Waals surface area contributed by atoms with Gasteiger partial charge in [-0.05, 0) is 37.3 Å². The van der Waals surface area contributed by atoms with Crippen LogP contribution in [0.1, 0.15) is 23.0 Å². The number of nitrogens with one attached hydrogen (secondary N) is 1. The number of fused-ring (bicyclic) bond motifs is 1. The standard InChI is InChI=1S/C18H14ClF3N4OS/c1-17(13-14(18(13,21)22)28-16(23)26-17)10-6-9(3-4-11(10)20)25-15(27)12-5-2-8(19)7-24-12/h2-7,13-14H,1H3,(H2,23,26)(H,25,27)/t13?,14?,17-/m1/s1. The second-order valence-electron chi connectivity index (χ2n) is 6.80. The van der Waals surface area contributed by atoms with Gasteiger partial charge >= 0.3 is 0 Å². The van der Waals surface area contributed by atoms with Crippen LogP contribution in [0.15, 0.2) is 41.5 Å². The quantitative estimate of drug-likeness (QED) is 0.776. The van der Waals surface area contributed by atoms with Gasteiger partial charge in [-0.25, -0.2) is 18.2 Å². The molecule has 146 valence electrons. The minimum Gasteiger partial charge on any atom is -0.379 e. The Hall–Kier alpha value is -2.26. The third kappa shape index (κ3) is 3.02. The summed E-state index contributed by atoms with van der Waals surface area (Å²) in [5.41, 5.74) is 4.46. The lowest BCUT2D eigenvalue weighted by molar-refractivity contribution is 0.0819. The predicted molar refractivity (Wildman–Crippen MR) is 102 cm³/mol. The van der Waals surface area contributed by atoms with Crippen LogP contribution < -0.4 is 11.1 Å². The van der Waals surface area contributed by atoms with Gasteiger partial charge in [-0.1, -0.05) is 23.4 Å². The summed E-state index contributed by atoms with van der Waals surface area (Å²) in [5, 5.41) is 1.90. The van der Waals surface area contributed by atoms with E-state index in [-0.39, 0.29) is 22.1 Å². The van der Waals surface area contributed by atoms with E-state index in [2.05, 4.69) is 15.3 Å². The number of carbonyl (C=O) groups excluding carboxylic acids is 1. The van der Waals surface area contributed by atoms with Gasteiger partial charge in [-0.2, -0.15) is 0 Å². The van der Waals surface area contributed by atoms with Gasteiger partial charge in [0, 0.05) is 17.4 Å². The fourth-order valence-corrected chi connectivity index (χ4v) is 4.92. The third-order valence-corrected chi connectivity index (χ3v) is 6.31. The Labute approximate surface area is 167 Å². The molecule has 1 fully saturated rings. The molecule has 0 radical (unpaired) electrons. The van der Waals surface area contributed by atoms with Crippen molar-refractivity contribution >= 4 is 40.1 Å². The number of anilines is 1. The molecule has 1 aromatic carbocycles. The van der Waals surface area contributed by atoms with Crippen LogP contribution in [0.25, 0.3) is 0 Å². The fraction of sp³-hybridized carbons (Fsp3) is 0.278. The van der Waals surface area contributed by atoms with E-state index >= 15 is 0 Å². The van der Waals surface area contributed by atoms with Gasteiger partial charge in [0.25, 0.3) is 11.8 Å². The predicted octanol–water partition coefficient (Wildman–Crippen LogP) is 4.04. The molecule has 2 heterocycles. The highest BCUT2D eigenvalue weighted by molar-refractivity contribution is 8.14. The maximum absolute atomic E-state index is 14.6. The van der Waals surface area contributed by atoms with E-state index in [0.29, 0.717) is 5.02 Å². The van der Waals surface area contributed by atoms with Gasteiger partial charge in [-0.15, -0.1) is 0 Å². The van der Waals surface area contributed by atoms with Crippen molar-refractivity contribution < 1.29 is 18.0 Å². The van der Waals surface area contributed by atoms with Crippen molar-refractivity contribution in [2.45, 2.75) is 23.6 Å². The summed E-state index contributed by atoms with van der Waals surface area (Å²) in [6.07, 6.45) is 1.32. The minimum absolute atomic E-state index is 0.0138. The Balaban J connectivity index is 1.67. The molecule has 1 aliphatic carbocycles. The molecule has 0 bridgehead atoms. The fourth-order valence-electron chi connectivity index (χ4n) is 3.49. The number of amidine groups is 1. The van der Waals surface area contributed by atoms with Crippen LogP contribution in [-0.4, -0.2) is 27.2 Å². The molecule has 5 nitrogen and oxygen atoms in total. The minimum atomic E-state index is -3.00. The van der Waals surface area contributed by atoms with Gasteiger partial charge in [0.05, 0.1) is 21.7 Å². The number of aliphatic imine (C=N–C) groups is 1. The number of rotatable bonds is 3. The molecule has 1 saturated carbocycles. The highest BCUT2D eigenvalue weighted by Crippen LogP contribution is 2.66. The summed E-state index contributed by atoms with van der Waals surface area (Å²) < 4.78 is 43.0. The first-order valence-electron chi connectivity index (χ1n) is 8.25. The van der Waals surface area contributed by atoms with Crippen molar-refractivity contribution in [2.75, 3.05) is 5.32 Å². The maximum atomic E-state index is 14.6. The van der Waals surface area contributed by atoms with E-state index < -0.39 is 34.4 Å². The van der Waals surface area contributed by atoms with E-state index in [0.717, 1.165) is 17.8 Å². The maximum Gasteiger partial charge on any atom is 0.274 e. The molecule has 2 aromatic rings. The van der Waals surface area contributed by atoms with Crippen LogP contribution in [0, 0.1) is 11.7 Å². The molecule has 1 amide bonds. The number of nitrogens with two attached hydrogens (primary N) is 1. The highest BCUT2D eigenvalue weighted by atomic mass is 35.5. The number of benzene rings is 1. The summed E-state index contributed by atoms with van der Waals surface area (Å²) in [5.74, 6) is -5.41. The van der Waals surface area contributed by atoms with Crippen molar-refractivity contribution in [1.29, 1.82) is 0 Å². The molecule has 0 saturated heterocycles. The average Bonchev–Trinajstić information content (AvgIpc) is 3.18. The zero-order valence-electron chi connectivity index (χ0n) is 14.4. The Bertz CT molecular complexity index is 1000. The van der Waals surface area contributed by atoms with Crippen molar-refractivity contribution in [2.24, 2.45) is 16.6 Å². The van der Waals surface area contributed by atoms with Crippen LogP contribution >= 0.6 is 23.4 Å². The lowest BCUT2D eigenvalue weighted by Gasteiger charge is -2.29. The highest BCUT2D eigenvalue weighted by Gasteiger charge is 2.77. The molecule has 2 unspecified atom stereocenters. The summed E-state index contributed by atoms with van der Waals surface area (Å²) >= 11 is 6.55. The van der Waals surface area contributed by atoms with Crippen molar-refractivity contribution in [3.8, 4) is 0 Å². The molecule has 28 heavy (non-hydrogen) atoms. The zero-order valence-corrected chi connectivity index (χ0v) is 16.0. The van der Waals surface area contributed by atoms with Crippen molar-refractivity contribution in [3.63, 3.8) is 0 Å². The summed E-state index contributed by atoms with van der Waals surface area (Å²) in [6, 6.07) is 6.69. The molecule has 3 N–H and O–H groups in total. The Morgan fingerprint density at radius 1 is 1.32 bits per heavy atom. The molecule has 1 aliphatic heterocycles. The smallest absolute Gasteiger partial charge is 0.274 e.